The Bertz CT molecular complexity index is 152. The fourth-order valence-corrected chi connectivity index (χ4v) is 2.30. The Kier molecular flexibility index (Phi) is 1.82. The molecule has 2 rings (SSSR count). The van der Waals surface area contributed by atoms with Crippen molar-refractivity contribution < 1.29 is 0 Å². The van der Waals surface area contributed by atoms with Gasteiger partial charge in [-0.3, -0.25) is 0 Å². The van der Waals surface area contributed by atoms with E-state index in [1.165, 1.54) is 25.0 Å². The number of hydrogen-bond acceptors (Lipinski definition) is 3. The average molecular weight is 153 g/mol. The topological polar surface area (TPSA) is 50.4 Å². The summed E-state index contributed by atoms with van der Waals surface area (Å²) in [6, 6.07) is 0. The van der Waals surface area contributed by atoms with Crippen molar-refractivity contribution in [2.75, 3.05) is 13.1 Å². The Morgan fingerprint density at radius 3 is 2.36 bits per heavy atom. The lowest BCUT2D eigenvalue weighted by molar-refractivity contribution is 0.364. The molecule has 0 aromatic rings. The highest BCUT2D eigenvalue weighted by molar-refractivity contribution is 5.90. The highest BCUT2D eigenvalue weighted by Gasteiger charge is 2.32. The van der Waals surface area contributed by atoms with Crippen molar-refractivity contribution in [3.63, 3.8) is 0 Å². The maximum atomic E-state index is 5.35. The Morgan fingerprint density at radius 1 is 1.27 bits per heavy atom. The lowest BCUT2D eigenvalue weighted by Gasteiger charge is -2.35. The lowest BCUT2D eigenvalue weighted by atomic mass is 9.77. The molecule has 3 N–H and O–H groups in total. The minimum atomic E-state index is 0.646. The van der Waals surface area contributed by atoms with Crippen molar-refractivity contribution in [3.8, 4) is 0 Å². The molecule has 3 nitrogen and oxygen atoms in total. The van der Waals surface area contributed by atoms with Gasteiger partial charge in [0.2, 0.25) is 0 Å². The zero-order valence-corrected chi connectivity index (χ0v) is 6.71. The number of rotatable bonds is 0. The minimum absolute atomic E-state index is 0.646. The molecule has 1 heterocycles. The Balaban J connectivity index is 2.17. The van der Waals surface area contributed by atoms with Gasteiger partial charge in [0.05, 0.1) is 0 Å². The zero-order valence-electron chi connectivity index (χ0n) is 6.71. The Hall–Kier alpha value is -0.570. The molecule has 2 fully saturated rings. The van der Waals surface area contributed by atoms with Crippen LogP contribution in [0.25, 0.3) is 0 Å². The maximum absolute atomic E-state index is 5.35. The van der Waals surface area contributed by atoms with E-state index in [2.05, 4.69) is 10.4 Å². The largest absolute Gasteiger partial charge is 0.323 e. The standard InChI is InChI=1S/C8H15N3/c9-11-8-6-2-1-3-7(8)5-10-4-6/h6-7,10H,1-5,9H2. The molecule has 0 amide bonds. The van der Waals surface area contributed by atoms with Gasteiger partial charge in [0.15, 0.2) is 0 Å². The Morgan fingerprint density at radius 2 is 1.91 bits per heavy atom. The highest BCUT2D eigenvalue weighted by Crippen LogP contribution is 2.28. The predicted molar refractivity (Wildman–Crippen MR) is 45.3 cm³/mol. The molecule has 0 spiro atoms. The molecular weight excluding hydrogens is 138 g/mol. The van der Waals surface area contributed by atoms with Crippen LogP contribution in [0.15, 0.2) is 5.10 Å². The van der Waals surface area contributed by atoms with Crippen molar-refractivity contribution in [1.82, 2.24) is 5.32 Å². The number of nitrogens with one attached hydrogen (secondary N) is 1. The van der Waals surface area contributed by atoms with Gasteiger partial charge in [-0.1, -0.05) is 6.42 Å². The number of nitrogens with two attached hydrogens (primary N) is 1. The van der Waals surface area contributed by atoms with Gasteiger partial charge in [-0.05, 0) is 12.8 Å². The summed E-state index contributed by atoms with van der Waals surface area (Å²) in [5, 5.41) is 7.32. The van der Waals surface area contributed by atoms with Crippen LogP contribution >= 0.6 is 0 Å². The first-order valence-electron chi connectivity index (χ1n) is 4.40. The molecule has 1 saturated heterocycles. The van der Waals surface area contributed by atoms with Crippen LogP contribution in [0.5, 0.6) is 0 Å². The van der Waals surface area contributed by atoms with Crippen LogP contribution in [-0.2, 0) is 0 Å². The Labute approximate surface area is 67.0 Å². The first kappa shape index (κ1) is 7.10. The van der Waals surface area contributed by atoms with E-state index in [1.807, 2.05) is 0 Å². The minimum Gasteiger partial charge on any atom is -0.323 e. The average Bonchev–Trinajstić information content (AvgIpc) is 2.03. The first-order chi connectivity index (χ1) is 5.42. The molecule has 1 aliphatic carbocycles. The second kappa shape index (κ2) is 2.81. The summed E-state index contributed by atoms with van der Waals surface area (Å²) in [5.74, 6) is 6.65. The molecule has 2 aliphatic rings. The summed E-state index contributed by atoms with van der Waals surface area (Å²) in [6.07, 6.45) is 3.91. The number of fused-ring (bicyclic) bond motifs is 2. The number of hydrazone groups is 1. The van der Waals surface area contributed by atoms with Crippen molar-refractivity contribution in [2.45, 2.75) is 19.3 Å². The van der Waals surface area contributed by atoms with Crippen LogP contribution < -0.4 is 11.2 Å². The summed E-state index contributed by atoms with van der Waals surface area (Å²) in [6.45, 7) is 2.18. The summed E-state index contributed by atoms with van der Waals surface area (Å²) >= 11 is 0. The molecule has 0 aromatic carbocycles. The number of hydrogen-bond donors (Lipinski definition) is 2. The van der Waals surface area contributed by atoms with Gasteiger partial charge >= 0.3 is 0 Å². The molecular formula is C8H15N3. The third-order valence-corrected chi connectivity index (χ3v) is 2.87. The SMILES string of the molecule is NN=C1C2CCCC1CNC2. The van der Waals surface area contributed by atoms with E-state index in [0.717, 1.165) is 13.1 Å². The number of nitrogens with zero attached hydrogens (tertiary/aromatic N) is 1. The van der Waals surface area contributed by atoms with Gasteiger partial charge in [0.1, 0.15) is 0 Å². The predicted octanol–water partition coefficient (Wildman–Crippen LogP) is 0.321. The summed E-state index contributed by atoms with van der Waals surface area (Å²) < 4.78 is 0. The van der Waals surface area contributed by atoms with Crippen molar-refractivity contribution in [3.05, 3.63) is 0 Å². The van der Waals surface area contributed by atoms with Crippen molar-refractivity contribution in [2.24, 2.45) is 22.8 Å². The normalized spacial score (nSPS) is 36.9. The van der Waals surface area contributed by atoms with E-state index in [-0.39, 0.29) is 0 Å². The van der Waals surface area contributed by atoms with Gasteiger partial charge < -0.3 is 11.2 Å². The van der Waals surface area contributed by atoms with E-state index < -0.39 is 0 Å². The van der Waals surface area contributed by atoms with Crippen LogP contribution in [0.4, 0.5) is 0 Å². The fraction of sp³-hybridized carbons (Fsp3) is 0.875. The van der Waals surface area contributed by atoms with Gasteiger partial charge in [-0.15, -0.1) is 0 Å². The van der Waals surface area contributed by atoms with E-state index in [0.29, 0.717) is 11.8 Å². The summed E-state index contributed by atoms with van der Waals surface area (Å²) in [4.78, 5) is 0. The quantitative estimate of drug-likeness (QED) is 0.389. The molecule has 2 bridgehead atoms. The van der Waals surface area contributed by atoms with Gasteiger partial charge in [-0.25, -0.2) is 0 Å². The molecule has 0 radical (unpaired) electrons. The van der Waals surface area contributed by atoms with Crippen LogP contribution in [-0.4, -0.2) is 18.8 Å². The number of piperidine rings is 1. The molecule has 1 saturated carbocycles. The van der Waals surface area contributed by atoms with Crippen molar-refractivity contribution >= 4 is 5.71 Å². The molecule has 11 heavy (non-hydrogen) atoms. The first-order valence-corrected chi connectivity index (χ1v) is 4.40. The fourth-order valence-electron chi connectivity index (χ4n) is 2.30. The molecule has 0 aromatic heterocycles. The molecule has 2 atom stereocenters. The summed E-state index contributed by atoms with van der Waals surface area (Å²) in [5.41, 5.74) is 1.27. The van der Waals surface area contributed by atoms with E-state index >= 15 is 0 Å². The molecule has 2 unspecified atom stereocenters. The van der Waals surface area contributed by atoms with E-state index in [1.54, 1.807) is 0 Å². The van der Waals surface area contributed by atoms with Crippen molar-refractivity contribution in [1.29, 1.82) is 0 Å². The third kappa shape index (κ3) is 1.13. The second-order valence-electron chi connectivity index (χ2n) is 3.54. The zero-order chi connectivity index (χ0) is 7.68. The van der Waals surface area contributed by atoms with Gasteiger partial charge in [0, 0.05) is 30.6 Å². The second-order valence-corrected chi connectivity index (χ2v) is 3.54. The van der Waals surface area contributed by atoms with Crippen LogP contribution in [0.1, 0.15) is 19.3 Å². The monoisotopic (exact) mass is 153 g/mol. The lowest BCUT2D eigenvalue weighted by Crippen LogP contribution is -2.47. The molecule has 62 valence electrons. The summed E-state index contributed by atoms with van der Waals surface area (Å²) in [7, 11) is 0. The van der Waals surface area contributed by atoms with Crippen LogP contribution in [0, 0.1) is 11.8 Å². The van der Waals surface area contributed by atoms with Crippen LogP contribution in [0.2, 0.25) is 0 Å². The maximum Gasteiger partial charge on any atom is 0.0462 e. The van der Waals surface area contributed by atoms with E-state index in [9.17, 15) is 0 Å². The van der Waals surface area contributed by atoms with Gasteiger partial charge in [0.25, 0.3) is 0 Å². The van der Waals surface area contributed by atoms with Gasteiger partial charge in [-0.2, -0.15) is 5.10 Å². The molecule has 3 heteroatoms. The third-order valence-electron chi connectivity index (χ3n) is 2.87. The molecule has 1 aliphatic heterocycles. The van der Waals surface area contributed by atoms with E-state index in [4.69, 9.17) is 5.84 Å². The smallest absolute Gasteiger partial charge is 0.0462 e. The van der Waals surface area contributed by atoms with Crippen LogP contribution in [0.3, 0.4) is 0 Å². The highest BCUT2D eigenvalue weighted by atomic mass is 15.1.